The Labute approximate surface area is 205 Å². The molecule has 2 heterocycles. The van der Waals surface area contributed by atoms with Gasteiger partial charge in [0.15, 0.2) is 0 Å². The Kier molecular flexibility index (Phi) is 7.56. The predicted octanol–water partition coefficient (Wildman–Crippen LogP) is 3.08. The molecule has 2 aliphatic rings. The van der Waals surface area contributed by atoms with Crippen molar-refractivity contribution in [3.8, 4) is 0 Å². The second-order valence-corrected chi connectivity index (χ2v) is 11.7. The summed E-state index contributed by atoms with van der Waals surface area (Å²) < 4.78 is 56.8. The highest BCUT2D eigenvalue weighted by Crippen LogP contribution is 2.43. The number of benzene rings is 2. The molecule has 0 aromatic heterocycles. The zero-order valence-corrected chi connectivity index (χ0v) is 20.8. The highest BCUT2D eigenvalue weighted by Gasteiger charge is 2.41. The molecular weight excluding hydrogens is 474 g/mol. The quantitative estimate of drug-likeness (QED) is 0.566. The van der Waals surface area contributed by atoms with Crippen molar-refractivity contribution in [2.75, 3.05) is 27.2 Å². The number of rotatable bonds is 9. The lowest BCUT2D eigenvalue weighted by Gasteiger charge is -2.40. The highest BCUT2D eigenvalue weighted by molar-refractivity contribution is 7.86. The van der Waals surface area contributed by atoms with Crippen LogP contribution >= 0.6 is 0 Å². The fraction of sp³-hybridized carbons (Fsp3) is 0.480. The average Bonchev–Trinajstić information content (AvgIpc) is 3.04. The Bertz CT molecular complexity index is 1160. The van der Waals surface area contributed by atoms with E-state index in [1.54, 1.807) is 6.07 Å². The minimum atomic E-state index is -3.89. The van der Waals surface area contributed by atoms with Crippen molar-refractivity contribution < 1.29 is 22.0 Å². The van der Waals surface area contributed by atoms with E-state index in [0.29, 0.717) is 18.0 Å². The van der Waals surface area contributed by atoms with Gasteiger partial charge in [0.25, 0.3) is 10.2 Å². The normalized spacial score (nSPS) is 22.7. The molecule has 0 radical (unpaired) electrons. The van der Waals surface area contributed by atoms with Crippen LogP contribution < -0.4 is 5.73 Å². The second kappa shape index (κ2) is 10.3. The van der Waals surface area contributed by atoms with E-state index in [0.717, 1.165) is 52.0 Å². The van der Waals surface area contributed by atoms with Crippen LogP contribution in [0.3, 0.4) is 0 Å². The number of fused-ring (bicyclic) bond motifs is 2. The lowest BCUT2D eigenvalue weighted by Crippen LogP contribution is -2.48. The zero-order chi connectivity index (χ0) is 25.3. The van der Waals surface area contributed by atoms with Gasteiger partial charge in [0.2, 0.25) is 5.91 Å². The zero-order valence-electron chi connectivity index (χ0n) is 20.0. The second-order valence-electron chi connectivity index (χ2n) is 9.60. The molecule has 10 heteroatoms. The van der Waals surface area contributed by atoms with Crippen LogP contribution in [0.4, 0.5) is 8.78 Å². The minimum absolute atomic E-state index is 0.128. The van der Waals surface area contributed by atoms with Crippen molar-refractivity contribution in [1.82, 2.24) is 13.5 Å². The first-order valence-corrected chi connectivity index (χ1v) is 13.2. The average molecular weight is 507 g/mol. The molecule has 2 saturated heterocycles. The van der Waals surface area contributed by atoms with E-state index < -0.39 is 27.8 Å². The monoisotopic (exact) mass is 506 g/mol. The van der Waals surface area contributed by atoms with Crippen molar-refractivity contribution >= 4 is 16.1 Å². The first-order valence-electron chi connectivity index (χ1n) is 11.8. The molecule has 1 amide bonds. The van der Waals surface area contributed by atoms with Crippen molar-refractivity contribution in [1.29, 1.82) is 0 Å². The van der Waals surface area contributed by atoms with Crippen LogP contribution in [-0.2, 0) is 16.8 Å². The van der Waals surface area contributed by atoms with E-state index in [4.69, 9.17) is 5.73 Å². The van der Waals surface area contributed by atoms with Crippen LogP contribution in [0, 0.1) is 11.6 Å². The summed E-state index contributed by atoms with van der Waals surface area (Å²) in [7, 11) is -1.07. The number of amides is 1. The molecule has 0 spiro atoms. The topological polar surface area (TPSA) is 87.0 Å². The van der Waals surface area contributed by atoms with Crippen molar-refractivity contribution in [2.24, 2.45) is 5.73 Å². The summed E-state index contributed by atoms with van der Waals surface area (Å²) >= 11 is 0. The molecule has 2 aromatic rings. The molecule has 0 saturated carbocycles. The molecule has 4 rings (SSSR count). The van der Waals surface area contributed by atoms with Gasteiger partial charge in [-0.05, 0) is 61.4 Å². The first kappa shape index (κ1) is 25.7. The Morgan fingerprint density at radius 3 is 2.23 bits per heavy atom. The molecular formula is C25H32F2N4O3S. The fourth-order valence-corrected chi connectivity index (χ4v) is 6.52. The van der Waals surface area contributed by atoms with Crippen LogP contribution in [0.1, 0.15) is 53.1 Å². The summed E-state index contributed by atoms with van der Waals surface area (Å²) in [6.45, 7) is 0.236. The van der Waals surface area contributed by atoms with Crippen LogP contribution in [0.5, 0.6) is 0 Å². The molecule has 190 valence electrons. The van der Waals surface area contributed by atoms with Crippen LogP contribution in [0.2, 0.25) is 0 Å². The van der Waals surface area contributed by atoms with Crippen molar-refractivity contribution in [2.45, 2.75) is 50.2 Å². The summed E-state index contributed by atoms with van der Waals surface area (Å²) in [5.74, 6) is -1.66. The van der Waals surface area contributed by atoms with Crippen LogP contribution in [0.15, 0.2) is 42.5 Å². The first-order chi connectivity index (χ1) is 16.6. The van der Waals surface area contributed by atoms with Gasteiger partial charge in [0, 0.05) is 56.9 Å². The Morgan fingerprint density at radius 2 is 1.66 bits per heavy atom. The molecule has 3 atom stereocenters. The number of nitrogens with zero attached hydrogens (tertiary/aromatic N) is 3. The molecule has 35 heavy (non-hydrogen) atoms. The lowest BCUT2D eigenvalue weighted by atomic mass is 9.84. The maximum Gasteiger partial charge on any atom is 0.281 e. The molecule has 2 bridgehead atoms. The largest absolute Gasteiger partial charge is 0.366 e. The number of hydrogen-bond donors (Lipinski definition) is 1. The predicted molar refractivity (Wildman–Crippen MR) is 130 cm³/mol. The lowest BCUT2D eigenvalue weighted by molar-refractivity contribution is 0.0999. The van der Waals surface area contributed by atoms with E-state index in [2.05, 4.69) is 4.90 Å². The van der Waals surface area contributed by atoms with Gasteiger partial charge in [0.1, 0.15) is 11.6 Å². The third-order valence-electron chi connectivity index (χ3n) is 7.32. The van der Waals surface area contributed by atoms with Gasteiger partial charge in [-0.3, -0.25) is 9.69 Å². The van der Waals surface area contributed by atoms with E-state index in [1.165, 1.54) is 20.2 Å². The van der Waals surface area contributed by atoms with Gasteiger partial charge >= 0.3 is 0 Å². The number of hydrogen-bond acceptors (Lipinski definition) is 4. The van der Waals surface area contributed by atoms with Gasteiger partial charge < -0.3 is 5.73 Å². The number of primary amides is 1. The Morgan fingerprint density at radius 1 is 1.06 bits per heavy atom. The SMILES string of the molecule is CN(C)S(=O)(=O)N(CCN1[C@@H]2CC[C@H]1C[C@@H](c1cccc(C(N)=O)c1)C2)Cc1c(F)cccc1F. The molecule has 2 fully saturated rings. The van der Waals surface area contributed by atoms with Crippen molar-refractivity contribution in [3.05, 3.63) is 70.8 Å². The smallest absolute Gasteiger partial charge is 0.281 e. The van der Waals surface area contributed by atoms with E-state index >= 15 is 0 Å². The van der Waals surface area contributed by atoms with E-state index in [-0.39, 0.29) is 30.7 Å². The van der Waals surface area contributed by atoms with Gasteiger partial charge in [-0.25, -0.2) is 8.78 Å². The fourth-order valence-electron chi connectivity index (χ4n) is 5.45. The third kappa shape index (κ3) is 5.40. The summed E-state index contributed by atoms with van der Waals surface area (Å²) in [5.41, 5.74) is 6.80. The Hall–Kier alpha value is -2.40. The molecule has 7 nitrogen and oxygen atoms in total. The molecule has 0 aliphatic carbocycles. The van der Waals surface area contributed by atoms with E-state index in [1.807, 2.05) is 18.2 Å². The standard InChI is InChI=1S/C25H32F2N4O3S/c1-29(2)35(33,34)30(16-22-23(26)7-4-8-24(22)27)11-12-31-20-9-10-21(31)15-19(14-20)17-5-3-6-18(13-17)25(28)32/h3-8,13,19-21H,9-12,14-16H2,1-2H3,(H2,28,32)/t19-,20+,21-. The highest BCUT2D eigenvalue weighted by atomic mass is 32.2. The summed E-state index contributed by atoms with van der Waals surface area (Å²) in [6.07, 6.45) is 3.83. The number of carbonyl (C=O) groups excluding carboxylic acids is 1. The van der Waals surface area contributed by atoms with Gasteiger partial charge in [-0.2, -0.15) is 17.0 Å². The number of halogens is 2. The Balaban J connectivity index is 1.48. The van der Waals surface area contributed by atoms with E-state index in [9.17, 15) is 22.0 Å². The van der Waals surface area contributed by atoms with Gasteiger partial charge in [-0.15, -0.1) is 0 Å². The maximum atomic E-state index is 14.3. The summed E-state index contributed by atoms with van der Waals surface area (Å²) in [6, 6.07) is 11.6. The van der Waals surface area contributed by atoms with Crippen LogP contribution in [0.25, 0.3) is 0 Å². The minimum Gasteiger partial charge on any atom is -0.366 e. The maximum absolute atomic E-state index is 14.3. The third-order valence-corrected chi connectivity index (χ3v) is 9.21. The molecule has 0 unspecified atom stereocenters. The van der Waals surface area contributed by atoms with Crippen LogP contribution in [-0.4, -0.2) is 67.1 Å². The number of carbonyl (C=O) groups is 1. The van der Waals surface area contributed by atoms with Gasteiger partial charge in [0.05, 0.1) is 0 Å². The molecule has 2 aromatic carbocycles. The summed E-state index contributed by atoms with van der Waals surface area (Å²) in [5, 5.41) is 0. The molecule has 2 N–H and O–H groups in total. The molecule has 2 aliphatic heterocycles. The van der Waals surface area contributed by atoms with Crippen molar-refractivity contribution in [3.63, 3.8) is 0 Å². The number of piperidine rings is 1. The number of nitrogens with two attached hydrogens (primary N) is 1. The summed E-state index contributed by atoms with van der Waals surface area (Å²) in [4.78, 5) is 13.9. The van der Waals surface area contributed by atoms with Gasteiger partial charge in [-0.1, -0.05) is 18.2 Å².